The standard InChI is InChI=1S/C17H18N4O5S/c1-9(2)12-7-13(15(23)8-14(12)22)16-19-20-17(24)21(16)10-4-3-5-11(6-10)27(18,25)26/h3-9,22-23H,1-2H3,(H,20,24)(H2,18,25,26). The number of rotatable bonds is 4. The van der Waals surface area contributed by atoms with E-state index in [2.05, 4.69) is 10.2 Å². The van der Waals surface area contributed by atoms with Gasteiger partial charge in [-0.05, 0) is 35.7 Å². The molecule has 0 aliphatic heterocycles. The molecule has 2 aromatic carbocycles. The minimum Gasteiger partial charge on any atom is -0.508 e. The molecule has 1 heterocycles. The van der Waals surface area contributed by atoms with Gasteiger partial charge >= 0.3 is 5.69 Å². The van der Waals surface area contributed by atoms with Gasteiger partial charge in [0, 0.05) is 6.07 Å². The molecule has 10 heteroatoms. The van der Waals surface area contributed by atoms with Crippen LogP contribution in [-0.2, 0) is 10.0 Å². The molecule has 0 unspecified atom stereocenters. The van der Waals surface area contributed by atoms with Crippen molar-refractivity contribution in [2.75, 3.05) is 0 Å². The van der Waals surface area contributed by atoms with Gasteiger partial charge in [-0.1, -0.05) is 19.9 Å². The highest BCUT2D eigenvalue weighted by atomic mass is 32.2. The second kappa shape index (κ2) is 6.56. The number of hydrogen-bond donors (Lipinski definition) is 4. The highest BCUT2D eigenvalue weighted by Crippen LogP contribution is 2.37. The lowest BCUT2D eigenvalue weighted by molar-refractivity contribution is 0.444. The van der Waals surface area contributed by atoms with E-state index in [1.54, 1.807) is 0 Å². The van der Waals surface area contributed by atoms with Gasteiger partial charge in [-0.2, -0.15) is 5.10 Å². The van der Waals surface area contributed by atoms with E-state index < -0.39 is 15.7 Å². The van der Waals surface area contributed by atoms with Crippen molar-refractivity contribution in [3.8, 4) is 28.6 Å². The first-order chi connectivity index (χ1) is 12.6. The summed E-state index contributed by atoms with van der Waals surface area (Å²) in [7, 11) is -3.97. The second-order valence-corrected chi connectivity index (χ2v) is 7.87. The molecule has 0 spiro atoms. The van der Waals surface area contributed by atoms with Crippen molar-refractivity contribution in [3.63, 3.8) is 0 Å². The van der Waals surface area contributed by atoms with Crippen LogP contribution in [0.15, 0.2) is 46.1 Å². The number of aromatic amines is 1. The molecule has 142 valence electrons. The minimum atomic E-state index is -3.97. The number of nitrogens with two attached hydrogens (primary N) is 1. The van der Waals surface area contributed by atoms with Crippen molar-refractivity contribution >= 4 is 10.0 Å². The minimum absolute atomic E-state index is 0.0471. The van der Waals surface area contributed by atoms with Crippen LogP contribution >= 0.6 is 0 Å². The predicted octanol–water partition coefficient (Wildman–Crippen LogP) is 1.41. The second-order valence-electron chi connectivity index (χ2n) is 6.31. The van der Waals surface area contributed by atoms with Crippen LogP contribution in [0.4, 0.5) is 0 Å². The zero-order valence-corrected chi connectivity index (χ0v) is 15.4. The third-order valence-electron chi connectivity index (χ3n) is 4.08. The largest absolute Gasteiger partial charge is 0.508 e. The number of nitrogens with zero attached hydrogens (tertiary/aromatic N) is 2. The van der Waals surface area contributed by atoms with Crippen molar-refractivity contribution in [3.05, 3.63) is 52.4 Å². The van der Waals surface area contributed by atoms with Gasteiger partial charge in [0.2, 0.25) is 10.0 Å². The molecule has 9 nitrogen and oxygen atoms in total. The number of aromatic hydroxyl groups is 2. The van der Waals surface area contributed by atoms with E-state index in [0.29, 0.717) is 5.56 Å². The number of aromatic nitrogens is 3. The van der Waals surface area contributed by atoms with Crippen LogP contribution in [0, 0.1) is 0 Å². The lowest BCUT2D eigenvalue weighted by Gasteiger charge is -2.13. The SMILES string of the molecule is CC(C)c1cc(-c2n[nH]c(=O)n2-c2cccc(S(N)(=O)=O)c2)c(O)cc1O. The summed E-state index contributed by atoms with van der Waals surface area (Å²) in [6, 6.07) is 8.19. The molecule has 1 aromatic heterocycles. The van der Waals surface area contributed by atoms with Gasteiger partial charge in [-0.3, -0.25) is 0 Å². The zero-order chi connectivity index (χ0) is 19.9. The maximum absolute atomic E-state index is 12.3. The summed E-state index contributed by atoms with van der Waals surface area (Å²) < 4.78 is 24.3. The van der Waals surface area contributed by atoms with Gasteiger partial charge in [-0.15, -0.1) is 0 Å². The smallest absolute Gasteiger partial charge is 0.348 e. The van der Waals surface area contributed by atoms with E-state index in [9.17, 15) is 23.4 Å². The zero-order valence-electron chi connectivity index (χ0n) is 14.5. The molecule has 0 saturated carbocycles. The summed E-state index contributed by atoms with van der Waals surface area (Å²) in [6.45, 7) is 3.73. The van der Waals surface area contributed by atoms with Gasteiger partial charge < -0.3 is 10.2 Å². The quantitative estimate of drug-likeness (QED) is 0.529. The first-order valence-corrected chi connectivity index (χ1v) is 9.51. The van der Waals surface area contributed by atoms with Crippen LogP contribution in [0.3, 0.4) is 0 Å². The summed E-state index contributed by atoms with van der Waals surface area (Å²) in [4.78, 5) is 12.1. The average molecular weight is 390 g/mol. The van der Waals surface area contributed by atoms with E-state index in [-0.39, 0.29) is 39.4 Å². The van der Waals surface area contributed by atoms with Crippen LogP contribution < -0.4 is 10.8 Å². The molecule has 0 aliphatic rings. The molecule has 3 rings (SSSR count). The number of sulfonamides is 1. The van der Waals surface area contributed by atoms with Crippen LogP contribution in [0.25, 0.3) is 17.1 Å². The highest BCUT2D eigenvalue weighted by molar-refractivity contribution is 7.89. The molecule has 27 heavy (non-hydrogen) atoms. The predicted molar refractivity (Wildman–Crippen MR) is 98.4 cm³/mol. The maximum atomic E-state index is 12.3. The fourth-order valence-corrected chi connectivity index (χ4v) is 3.31. The summed E-state index contributed by atoms with van der Waals surface area (Å²) in [5.74, 6) is -0.341. The van der Waals surface area contributed by atoms with E-state index in [1.807, 2.05) is 13.8 Å². The van der Waals surface area contributed by atoms with Gasteiger partial charge in [0.15, 0.2) is 5.82 Å². The van der Waals surface area contributed by atoms with Crippen molar-refractivity contribution < 1.29 is 18.6 Å². The van der Waals surface area contributed by atoms with Crippen LogP contribution in [0.1, 0.15) is 25.3 Å². The molecule has 0 atom stereocenters. The molecule has 0 radical (unpaired) electrons. The number of benzene rings is 2. The van der Waals surface area contributed by atoms with E-state index in [0.717, 1.165) is 4.57 Å². The van der Waals surface area contributed by atoms with Crippen molar-refractivity contribution in [2.45, 2.75) is 24.7 Å². The number of hydrogen-bond acceptors (Lipinski definition) is 6. The average Bonchev–Trinajstić information content (AvgIpc) is 2.95. The lowest BCUT2D eigenvalue weighted by Crippen LogP contribution is -2.17. The van der Waals surface area contributed by atoms with Crippen LogP contribution in [0.2, 0.25) is 0 Å². The summed E-state index contributed by atoms with van der Waals surface area (Å²) in [5.41, 5.74) is 0.336. The van der Waals surface area contributed by atoms with E-state index >= 15 is 0 Å². The summed E-state index contributed by atoms with van der Waals surface area (Å²) in [5, 5.41) is 31.7. The Morgan fingerprint density at radius 3 is 2.48 bits per heavy atom. The Labute approximate surface area is 154 Å². The third kappa shape index (κ3) is 3.44. The van der Waals surface area contributed by atoms with Crippen molar-refractivity contribution in [2.24, 2.45) is 5.14 Å². The molecular formula is C17H18N4O5S. The Kier molecular flexibility index (Phi) is 4.54. The Bertz CT molecular complexity index is 1180. The molecule has 3 aromatic rings. The molecule has 0 bridgehead atoms. The number of phenolic OH excluding ortho intramolecular Hbond substituents is 2. The monoisotopic (exact) mass is 390 g/mol. The van der Waals surface area contributed by atoms with Crippen molar-refractivity contribution in [1.82, 2.24) is 14.8 Å². The molecular weight excluding hydrogens is 372 g/mol. The Morgan fingerprint density at radius 1 is 1.15 bits per heavy atom. The van der Waals surface area contributed by atoms with Gasteiger partial charge in [0.05, 0.1) is 16.1 Å². The topological polar surface area (TPSA) is 151 Å². The van der Waals surface area contributed by atoms with Crippen LogP contribution in [0.5, 0.6) is 11.5 Å². The molecule has 0 saturated heterocycles. The maximum Gasteiger partial charge on any atom is 0.348 e. The lowest BCUT2D eigenvalue weighted by atomic mass is 9.98. The first-order valence-electron chi connectivity index (χ1n) is 7.96. The molecule has 0 amide bonds. The number of primary sulfonamides is 1. The Balaban J connectivity index is 2.27. The number of phenols is 2. The fraction of sp³-hybridized carbons (Fsp3) is 0.176. The highest BCUT2D eigenvalue weighted by Gasteiger charge is 2.20. The molecule has 5 N–H and O–H groups in total. The number of H-pyrrole nitrogens is 1. The van der Waals surface area contributed by atoms with Gasteiger partial charge in [0.25, 0.3) is 0 Å². The molecule has 0 fully saturated rings. The van der Waals surface area contributed by atoms with Gasteiger partial charge in [0.1, 0.15) is 11.5 Å². The molecule has 0 aliphatic carbocycles. The van der Waals surface area contributed by atoms with Gasteiger partial charge in [-0.25, -0.2) is 28.0 Å². The summed E-state index contributed by atoms with van der Waals surface area (Å²) >= 11 is 0. The van der Waals surface area contributed by atoms with E-state index in [1.165, 1.54) is 36.4 Å². The Morgan fingerprint density at radius 2 is 1.85 bits per heavy atom. The number of nitrogens with one attached hydrogen (secondary N) is 1. The Hall–Kier alpha value is -3.11. The first kappa shape index (κ1) is 18.7. The van der Waals surface area contributed by atoms with E-state index in [4.69, 9.17) is 5.14 Å². The summed E-state index contributed by atoms with van der Waals surface area (Å²) in [6.07, 6.45) is 0. The van der Waals surface area contributed by atoms with Crippen molar-refractivity contribution in [1.29, 1.82) is 0 Å². The fourth-order valence-electron chi connectivity index (χ4n) is 2.75. The third-order valence-corrected chi connectivity index (χ3v) is 5.00. The normalized spacial score (nSPS) is 11.9. The van der Waals surface area contributed by atoms with Crippen LogP contribution in [-0.4, -0.2) is 33.4 Å².